The van der Waals surface area contributed by atoms with Crippen LogP contribution in [0.3, 0.4) is 0 Å². The van der Waals surface area contributed by atoms with Crippen molar-refractivity contribution in [3.63, 3.8) is 0 Å². The molecule has 4 atom stereocenters. The van der Waals surface area contributed by atoms with Crippen molar-refractivity contribution in [1.29, 1.82) is 0 Å². The summed E-state index contributed by atoms with van der Waals surface area (Å²) < 4.78 is 16.8. The molecule has 71 valence electrons. The Morgan fingerprint density at radius 3 is 2.33 bits per heavy atom. The molecule has 0 saturated carbocycles. The van der Waals surface area contributed by atoms with Crippen molar-refractivity contribution in [2.24, 2.45) is 0 Å². The second kappa shape index (κ2) is 3.63. The van der Waals surface area contributed by atoms with Gasteiger partial charge in [0, 0.05) is 0 Å². The molecule has 1 aliphatic rings. The van der Waals surface area contributed by atoms with E-state index in [1.807, 2.05) is 0 Å². The van der Waals surface area contributed by atoms with Gasteiger partial charge in [-0.05, 0) is 0 Å². The standard InChI is InChI=1S/C6H10FO5/c7-6-5(11)4(10)3(9)2(1-8)12-6/h2-5,8-11H,1H2/t2-,3-,4+,5-/m1/s1. The van der Waals surface area contributed by atoms with Crippen molar-refractivity contribution >= 4 is 0 Å². The van der Waals surface area contributed by atoms with Gasteiger partial charge in [-0.15, -0.1) is 0 Å². The fourth-order valence-electron chi connectivity index (χ4n) is 0.970. The lowest BCUT2D eigenvalue weighted by Gasteiger charge is -2.35. The first kappa shape index (κ1) is 9.82. The van der Waals surface area contributed by atoms with Gasteiger partial charge >= 0.3 is 6.36 Å². The first-order chi connectivity index (χ1) is 5.57. The number of aliphatic hydroxyl groups excluding tert-OH is 4. The molecule has 0 amide bonds. The van der Waals surface area contributed by atoms with Crippen LogP contribution in [0.4, 0.5) is 4.39 Å². The monoisotopic (exact) mass is 181 g/mol. The van der Waals surface area contributed by atoms with Crippen LogP contribution < -0.4 is 0 Å². The quantitative estimate of drug-likeness (QED) is 0.373. The van der Waals surface area contributed by atoms with E-state index in [9.17, 15) is 4.39 Å². The lowest BCUT2D eigenvalue weighted by molar-refractivity contribution is -0.213. The molecule has 5 nitrogen and oxygen atoms in total. The largest absolute Gasteiger partial charge is 0.394 e. The van der Waals surface area contributed by atoms with Gasteiger partial charge in [0.25, 0.3) is 0 Å². The highest BCUT2D eigenvalue weighted by Crippen LogP contribution is 2.26. The molecule has 1 aliphatic heterocycles. The van der Waals surface area contributed by atoms with E-state index in [-0.39, 0.29) is 0 Å². The van der Waals surface area contributed by atoms with E-state index in [0.717, 1.165) is 0 Å². The SMILES string of the molecule is OC[C@H]1O[C](F)[C@H](O)[C@@H](O)[C@@H]1O. The van der Waals surface area contributed by atoms with Crippen molar-refractivity contribution < 1.29 is 29.6 Å². The Labute approximate surface area is 68.0 Å². The minimum Gasteiger partial charge on any atom is -0.394 e. The van der Waals surface area contributed by atoms with Gasteiger partial charge in [0.2, 0.25) is 0 Å². The van der Waals surface area contributed by atoms with Gasteiger partial charge in [0.1, 0.15) is 24.4 Å². The number of aliphatic hydroxyl groups is 4. The number of rotatable bonds is 1. The molecule has 12 heavy (non-hydrogen) atoms. The van der Waals surface area contributed by atoms with Crippen LogP contribution in [0.2, 0.25) is 0 Å². The lowest BCUT2D eigenvalue weighted by atomic mass is 10.00. The van der Waals surface area contributed by atoms with E-state index in [1.54, 1.807) is 0 Å². The highest BCUT2D eigenvalue weighted by molar-refractivity contribution is 4.95. The molecule has 0 aliphatic carbocycles. The molecule has 0 aromatic rings. The Bertz CT molecular complexity index is 150. The van der Waals surface area contributed by atoms with E-state index in [2.05, 4.69) is 4.74 Å². The van der Waals surface area contributed by atoms with Crippen LogP contribution in [0.25, 0.3) is 0 Å². The van der Waals surface area contributed by atoms with E-state index in [4.69, 9.17) is 20.4 Å². The summed E-state index contributed by atoms with van der Waals surface area (Å²) in [5, 5.41) is 35.3. The fourth-order valence-corrected chi connectivity index (χ4v) is 0.970. The molecule has 1 heterocycles. The summed E-state index contributed by atoms with van der Waals surface area (Å²) in [4.78, 5) is 0. The van der Waals surface area contributed by atoms with Crippen LogP contribution in [-0.2, 0) is 4.74 Å². The second-order valence-corrected chi connectivity index (χ2v) is 2.57. The third-order valence-corrected chi connectivity index (χ3v) is 1.73. The van der Waals surface area contributed by atoms with E-state index in [0.29, 0.717) is 0 Å². The predicted molar refractivity (Wildman–Crippen MR) is 34.3 cm³/mol. The van der Waals surface area contributed by atoms with Crippen LogP contribution in [0.1, 0.15) is 0 Å². The molecule has 1 radical (unpaired) electrons. The van der Waals surface area contributed by atoms with Crippen LogP contribution in [0.15, 0.2) is 0 Å². The Morgan fingerprint density at radius 1 is 1.25 bits per heavy atom. The molecule has 0 aromatic carbocycles. The summed E-state index contributed by atoms with van der Waals surface area (Å²) in [5.41, 5.74) is 0. The highest BCUT2D eigenvalue weighted by atomic mass is 19.1. The molecule has 1 saturated heterocycles. The van der Waals surface area contributed by atoms with Crippen LogP contribution in [-0.4, -0.2) is 51.4 Å². The molecule has 1 fully saturated rings. The van der Waals surface area contributed by atoms with E-state index < -0.39 is 37.4 Å². The van der Waals surface area contributed by atoms with Crippen molar-refractivity contribution in [1.82, 2.24) is 0 Å². The Morgan fingerprint density at radius 2 is 1.83 bits per heavy atom. The third kappa shape index (κ3) is 1.57. The molecule has 0 unspecified atom stereocenters. The van der Waals surface area contributed by atoms with E-state index >= 15 is 0 Å². The van der Waals surface area contributed by atoms with Crippen molar-refractivity contribution in [2.45, 2.75) is 24.4 Å². The Balaban J connectivity index is 2.63. The van der Waals surface area contributed by atoms with Crippen molar-refractivity contribution in [2.75, 3.05) is 6.61 Å². The van der Waals surface area contributed by atoms with Crippen molar-refractivity contribution in [3.05, 3.63) is 6.36 Å². The number of halogens is 1. The minimum atomic E-state index is -1.84. The normalized spacial score (nSPS) is 44.8. The number of hydrogen-bond donors (Lipinski definition) is 4. The summed E-state index contributed by atoms with van der Waals surface area (Å²) in [6, 6.07) is 0. The third-order valence-electron chi connectivity index (χ3n) is 1.73. The van der Waals surface area contributed by atoms with Gasteiger partial charge in [-0.2, -0.15) is 0 Å². The predicted octanol–water partition coefficient (Wildman–Crippen LogP) is -2.08. The summed E-state index contributed by atoms with van der Waals surface area (Å²) in [7, 11) is 0. The second-order valence-electron chi connectivity index (χ2n) is 2.57. The fraction of sp³-hybridized carbons (Fsp3) is 0.833. The molecule has 1 rings (SSSR count). The Kier molecular flexibility index (Phi) is 2.97. The van der Waals surface area contributed by atoms with Gasteiger partial charge in [0.15, 0.2) is 0 Å². The zero-order valence-corrected chi connectivity index (χ0v) is 6.09. The summed E-state index contributed by atoms with van der Waals surface area (Å²) in [6.45, 7) is -0.627. The van der Waals surface area contributed by atoms with Gasteiger partial charge in [0.05, 0.1) is 6.61 Å². The van der Waals surface area contributed by atoms with Crippen molar-refractivity contribution in [3.8, 4) is 0 Å². The topological polar surface area (TPSA) is 90.2 Å². The average molecular weight is 181 g/mol. The van der Waals surface area contributed by atoms with E-state index in [1.165, 1.54) is 0 Å². The smallest absolute Gasteiger partial charge is 0.300 e. The van der Waals surface area contributed by atoms with Gasteiger partial charge in [-0.3, -0.25) is 0 Å². The molecule has 4 N–H and O–H groups in total. The first-order valence-electron chi connectivity index (χ1n) is 3.42. The summed E-state index contributed by atoms with van der Waals surface area (Å²) in [5.74, 6) is 0. The molecular weight excluding hydrogens is 171 g/mol. The maximum atomic E-state index is 12.5. The zero-order chi connectivity index (χ0) is 9.30. The maximum absolute atomic E-state index is 12.5. The zero-order valence-electron chi connectivity index (χ0n) is 6.09. The minimum absolute atomic E-state index is 0.627. The number of hydrogen-bond acceptors (Lipinski definition) is 5. The molecule has 0 spiro atoms. The molecular formula is C6H10FO5. The van der Waals surface area contributed by atoms with Crippen LogP contribution >= 0.6 is 0 Å². The average Bonchev–Trinajstić information content (AvgIpc) is 2.08. The maximum Gasteiger partial charge on any atom is 0.300 e. The van der Waals surface area contributed by atoms with Gasteiger partial charge in [-0.1, -0.05) is 0 Å². The Hall–Kier alpha value is -0.270. The lowest BCUT2D eigenvalue weighted by Crippen LogP contribution is -2.54. The highest BCUT2D eigenvalue weighted by Gasteiger charge is 2.44. The van der Waals surface area contributed by atoms with Crippen LogP contribution in [0.5, 0.6) is 0 Å². The first-order valence-corrected chi connectivity index (χ1v) is 3.42. The van der Waals surface area contributed by atoms with Gasteiger partial charge < -0.3 is 25.2 Å². The van der Waals surface area contributed by atoms with Crippen LogP contribution in [0, 0.1) is 6.36 Å². The summed E-state index contributed by atoms with van der Waals surface area (Å²) >= 11 is 0. The molecule has 6 heteroatoms. The molecule has 0 bridgehead atoms. The molecule has 0 aromatic heterocycles. The van der Waals surface area contributed by atoms with Gasteiger partial charge in [-0.25, -0.2) is 4.39 Å². The number of ether oxygens (including phenoxy) is 1. The summed E-state index contributed by atoms with van der Waals surface area (Å²) in [6.07, 6.45) is -7.49.